The summed E-state index contributed by atoms with van der Waals surface area (Å²) in [5.74, 6) is 0. The normalized spacial score (nSPS) is 13.0. The van der Waals surface area contributed by atoms with Crippen LogP contribution in [-0.2, 0) is 0 Å². The van der Waals surface area contributed by atoms with E-state index in [1.54, 1.807) is 13.8 Å². The van der Waals surface area contributed by atoms with E-state index >= 15 is 0 Å². The highest BCUT2D eigenvalue weighted by molar-refractivity contribution is 7.15. The third-order valence-electron chi connectivity index (χ3n) is 2.47. The van der Waals surface area contributed by atoms with Gasteiger partial charge in [0.2, 0.25) is 5.13 Å². The first-order valence-corrected chi connectivity index (χ1v) is 5.35. The van der Waals surface area contributed by atoms with E-state index < -0.39 is 11.1 Å². The molecule has 0 fully saturated rings. The van der Waals surface area contributed by atoms with E-state index in [0.717, 1.165) is 10.1 Å². The van der Waals surface area contributed by atoms with Gasteiger partial charge in [0.1, 0.15) is 5.01 Å². The summed E-state index contributed by atoms with van der Waals surface area (Å²) in [7, 11) is 0. The summed E-state index contributed by atoms with van der Waals surface area (Å²) in [6.07, 6.45) is 0. The number of hydrogen-bond acceptors (Lipinski definition) is 5. The van der Waals surface area contributed by atoms with Gasteiger partial charge in [0.15, 0.2) is 0 Å². The van der Waals surface area contributed by atoms with Crippen LogP contribution in [-0.4, -0.2) is 26.4 Å². The van der Waals surface area contributed by atoms with Gasteiger partial charge in [0.25, 0.3) is 0 Å². The lowest BCUT2D eigenvalue weighted by atomic mass is 9.86. The number of nitrogens with one attached hydrogen (secondary N) is 1. The second-order valence-electron chi connectivity index (χ2n) is 4.44. The van der Waals surface area contributed by atoms with Crippen molar-refractivity contribution < 1.29 is 5.11 Å². The number of rotatable bonds is 3. The maximum absolute atomic E-state index is 9.91. The zero-order valence-electron chi connectivity index (χ0n) is 9.25. The van der Waals surface area contributed by atoms with Crippen molar-refractivity contribution in [3.63, 3.8) is 0 Å². The number of hydrogen-bond donors (Lipinski definition) is 2. The summed E-state index contributed by atoms with van der Waals surface area (Å²) in [6, 6.07) is 0. The Labute approximate surface area is 88.4 Å². The molecule has 0 aromatic carbocycles. The van der Waals surface area contributed by atoms with Gasteiger partial charge >= 0.3 is 0 Å². The van der Waals surface area contributed by atoms with Crippen LogP contribution in [0.4, 0.5) is 5.13 Å². The highest BCUT2D eigenvalue weighted by atomic mass is 32.1. The largest absolute Gasteiger partial charge is 0.388 e. The van der Waals surface area contributed by atoms with Gasteiger partial charge in [-0.3, -0.25) is 0 Å². The Bertz CT molecular complexity index is 314. The van der Waals surface area contributed by atoms with Gasteiger partial charge in [-0.1, -0.05) is 11.3 Å². The minimum atomic E-state index is -0.813. The Hall–Kier alpha value is -0.680. The van der Waals surface area contributed by atoms with E-state index in [1.165, 1.54) is 11.3 Å². The molecule has 0 amide bonds. The Morgan fingerprint density at radius 2 is 1.79 bits per heavy atom. The van der Waals surface area contributed by atoms with Crippen LogP contribution in [0.5, 0.6) is 0 Å². The molecule has 0 unspecified atom stereocenters. The number of aromatic nitrogens is 2. The van der Waals surface area contributed by atoms with E-state index in [0.29, 0.717) is 0 Å². The third-order valence-corrected chi connectivity index (χ3v) is 3.23. The molecular formula is C9H17N3OS. The molecule has 0 radical (unpaired) electrons. The minimum Gasteiger partial charge on any atom is -0.388 e. The fraction of sp³-hybridized carbons (Fsp3) is 0.778. The van der Waals surface area contributed by atoms with Gasteiger partial charge in [0, 0.05) is 0 Å². The molecule has 5 heteroatoms. The van der Waals surface area contributed by atoms with Gasteiger partial charge in [-0.05, 0) is 34.6 Å². The van der Waals surface area contributed by atoms with Crippen LogP contribution in [0.1, 0.15) is 32.7 Å². The zero-order valence-corrected chi connectivity index (χ0v) is 10.1. The lowest BCUT2D eigenvalue weighted by Gasteiger charge is -2.37. The lowest BCUT2D eigenvalue weighted by molar-refractivity contribution is 0.0240. The summed E-state index contributed by atoms with van der Waals surface area (Å²) in [4.78, 5) is 0. The van der Waals surface area contributed by atoms with Crippen molar-refractivity contribution in [1.29, 1.82) is 0 Å². The van der Waals surface area contributed by atoms with Gasteiger partial charge in [0.05, 0.1) is 11.1 Å². The van der Waals surface area contributed by atoms with Crippen LogP contribution in [0, 0.1) is 6.92 Å². The lowest BCUT2D eigenvalue weighted by Crippen LogP contribution is -2.51. The molecule has 0 saturated carbocycles. The molecular weight excluding hydrogens is 198 g/mol. The van der Waals surface area contributed by atoms with E-state index in [-0.39, 0.29) is 0 Å². The monoisotopic (exact) mass is 215 g/mol. The first-order chi connectivity index (χ1) is 6.22. The van der Waals surface area contributed by atoms with Crippen molar-refractivity contribution in [3.05, 3.63) is 5.01 Å². The van der Waals surface area contributed by atoms with Crippen LogP contribution < -0.4 is 5.32 Å². The molecule has 1 aromatic rings. The van der Waals surface area contributed by atoms with Crippen LogP contribution in [0.15, 0.2) is 0 Å². The maximum atomic E-state index is 9.91. The van der Waals surface area contributed by atoms with Gasteiger partial charge < -0.3 is 10.4 Å². The zero-order chi connectivity index (χ0) is 11.0. The second-order valence-corrected chi connectivity index (χ2v) is 5.62. The minimum absolute atomic E-state index is 0.432. The van der Waals surface area contributed by atoms with Crippen molar-refractivity contribution in [2.75, 3.05) is 5.32 Å². The van der Waals surface area contributed by atoms with E-state index in [1.807, 2.05) is 20.8 Å². The van der Waals surface area contributed by atoms with Crippen molar-refractivity contribution in [1.82, 2.24) is 10.2 Å². The molecule has 0 spiro atoms. The van der Waals surface area contributed by atoms with E-state index in [9.17, 15) is 5.11 Å². The van der Waals surface area contributed by atoms with Crippen LogP contribution in [0.25, 0.3) is 0 Å². The average molecular weight is 215 g/mol. The first kappa shape index (κ1) is 11.4. The van der Waals surface area contributed by atoms with Crippen LogP contribution in [0.3, 0.4) is 0 Å². The Morgan fingerprint density at radius 1 is 1.21 bits per heavy atom. The molecule has 0 aliphatic rings. The molecule has 0 aliphatic heterocycles. The van der Waals surface area contributed by atoms with E-state index in [2.05, 4.69) is 15.5 Å². The molecule has 4 nitrogen and oxygen atoms in total. The average Bonchev–Trinajstić information content (AvgIpc) is 2.31. The standard InChI is InChI=1S/C9H17N3OS/c1-6-11-12-7(14-6)10-8(2,3)9(4,5)13/h13H,1-5H3,(H,10,12). The Morgan fingerprint density at radius 3 is 2.14 bits per heavy atom. The molecule has 0 saturated heterocycles. The molecule has 2 N–H and O–H groups in total. The third kappa shape index (κ3) is 2.42. The Balaban J connectivity index is 2.78. The van der Waals surface area contributed by atoms with Crippen molar-refractivity contribution in [2.45, 2.75) is 45.8 Å². The molecule has 80 valence electrons. The van der Waals surface area contributed by atoms with E-state index in [4.69, 9.17) is 0 Å². The fourth-order valence-electron chi connectivity index (χ4n) is 0.767. The maximum Gasteiger partial charge on any atom is 0.206 e. The highest BCUT2D eigenvalue weighted by Crippen LogP contribution is 2.27. The summed E-state index contributed by atoms with van der Waals surface area (Å²) in [6.45, 7) is 9.31. The van der Waals surface area contributed by atoms with Crippen LogP contribution in [0.2, 0.25) is 0 Å². The van der Waals surface area contributed by atoms with Gasteiger partial charge in [-0.2, -0.15) is 0 Å². The SMILES string of the molecule is Cc1nnc(NC(C)(C)C(C)(C)O)s1. The molecule has 14 heavy (non-hydrogen) atoms. The Kier molecular flexibility index (Phi) is 2.83. The quantitative estimate of drug-likeness (QED) is 0.807. The molecule has 0 aliphatic carbocycles. The number of anilines is 1. The molecule has 1 aromatic heterocycles. The van der Waals surface area contributed by atoms with Gasteiger partial charge in [-0.25, -0.2) is 0 Å². The first-order valence-electron chi connectivity index (χ1n) is 4.53. The summed E-state index contributed by atoms with van der Waals surface area (Å²) < 4.78 is 0. The summed E-state index contributed by atoms with van der Waals surface area (Å²) in [5.41, 5.74) is -1.24. The van der Waals surface area contributed by atoms with Crippen molar-refractivity contribution in [3.8, 4) is 0 Å². The smallest absolute Gasteiger partial charge is 0.206 e. The predicted octanol–water partition coefficient (Wildman–Crippen LogP) is 1.81. The number of aryl methyl sites for hydroxylation is 1. The topological polar surface area (TPSA) is 58.0 Å². The number of aliphatic hydroxyl groups is 1. The van der Waals surface area contributed by atoms with Crippen molar-refractivity contribution >= 4 is 16.5 Å². The van der Waals surface area contributed by atoms with Crippen molar-refractivity contribution in [2.24, 2.45) is 0 Å². The van der Waals surface area contributed by atoms with Gasteiger partial charge in [-0.15, -0.1) is 10.2 Å². The predicted molar refractivity (Wildman–Crippen MR) is 58.6 cm³/mol. The molecule has 1 rings (SSSR count). The summed E-state index contributed by atoms with van der Waals surface area (Å²) in [5, 5.41) is 22.6. The molecule has 1 heterocycles. The molecule has 0 bridgehead atoms. The van der Waals surface area contributed by atoms with Crippen LogP contribution >= 0.6 is 11.3 Å². The highest BCUT2D eigenvalue weighted by Gasteiger charge is 2.35. The summed E-state index contributed by atoms with van der Waals surface area (Å²) >= 11 is 1.49. The fourth-order valence-corrected chi connectivity index (χ4v) is 1.52. The number of nitrogens with zero attached hydrogens (tertiary/aromatic N) is 2. The molecule has 0 atom stereocenters. The second kappa shape index (κ2) is 3.47.